The van der Waals surface area contributed by atoms with Crippen LogP contribution in [0.3, 0.4) is 0 Å². The Morgan fingerprint density at radius 3 is 2.56 bits per heavy atom. The van der Waals surface area contributed by atoms with E-state index in [9.17, 15) is 9.59 Å². The van der Waals surface area contributed by atoms with Crippen molar-refractivity contribution in [3.05, 3.63) is 65.4 Å². The van der Waals surface area contributed by atoms with Crippen molar-refractivity contribution < 1.29 is 9.59 Å². The zero-order valence-electron chi connectivity index (χ0n) is 14.3. The summed E-state index contributed by atoms with van der Waals surface area (Å²) in [5, 5.41) is 4.13. The molecule has 1 fully saturated rings. The molecule has 126 valence electrons. The number of Topliss-reactive ketones (excluding diaryl/α,β-unsaturated/α-hetero) is 1. The van der Waals surface area contributed by atoms with E-state index in [4.69, 9.17) is 0 Å². The predicted octanol–water partition coefficient (Wildman–Crippen LogP) is 4.35. The van der Waals surface area contributed by atoms with Gasteiger partial charge < -0.3 is 10.3 Å². The summed E-state index contributed by atoms with van der Waals surface area (Å²) in [6.45, 7) is 3.55. The molecule has 2 N–H and O–H groups in total. The molecule has 4 rings (SSSR count). The lowest BCUT2D eigenvalue weighted by Gasteiger charge is -2.16. The number of hydrogen-bond acceptors (Lipinski definition) is 2. The number of benzene rings is 2. The van der Waals surface area contributed by atoms with Crippen molar-refractivity contribution in [3.63, 3.8) is 0 Å². The number of anilines is 1. The van der Waals surface area contributed by atoms with E-state index in [0.717, 1.165) is 35.0 Å². The molecule has 1 heterocycles. The van der Waals surface area contributed by atoms with Crippen LogP contribution >= 0.6 is 0 Å². The van der Waals surface area contributed by atoms with E-state index in [1.54, 1.807) is 18.2 Å². The smallest absolute Gasteiger partial charge is 0.235 e. The van der Waals surface area contributed by atoms with E-state index in [1.807, 2.05) is 31.2 Å². The van der Waals surface area contributed by atoms with E-state index < -0.39 is 5.41 Å². The van der Waals surface area contributed by atoms with Crippen molar-refractivity contribution >= 4 is 28.3 Å². The van der Waals surface area contributed by atoms with E-state index in [2.05, 4.69) is 16.4 Å². The fourth-order valence-corrected chi connectivity index (χ4v) is 3.68. The van der Waals surface area contributed by atoms with E-state index in [-0.39, 0.29) is 11.7 Å². The van der Waals surface area contributed by atoms with Crippen LogP contribution in [-0.2, 0) is 10.2 Å². The van der Waals surface area contributed by atoms with Crippen LogP contribution in [0, 0.1) is 6.92 Å². The molecule has 0 spiro atoms. The average Bonchev–Trinajstić information content (AvgIpc) is 3.32. The molecule has 1 aromatic heterocycles. The highest BCUT2D eigenvalue weighted by atomic mass is 16.2. The van der Waals surface area contributed by atoms with Crippen LogP contribution in [0.1, 0.15) is 41.4 Å². The normalized spacial score (nSPS) is 15.1. The third-order valence-corrected chi connectivity index (χ3v) is 5.08. The summed E-state index contributed by atoms with van der Waals surface area (Å²) in [6, 6.07) is 15.2. The molecule has 0 bridgehead atoms. The first-order valence-electron chi connectivity index (χ1n) is 8.51. The van der Waals surface area contributed by atoms with Gasteiger partial charge in [0.05, 0.1) is 5.41 Å². The molecule has 0 aliphatic heterocycles. The Labute approximate surface area is 146 Å². The summed E-state index contributed by atoms with van der Waals surface area (Å²) in [4.78, 5) is 28.0. The Hall–Kier alpha value is -2.88. The van der Waals surface area contributed by atoms with Crippen LogP contribution in [-0.4, -0.2) is 16.7 Å². The van der Waals surface area contributed by atoms with Crippen molar-refractivity contribution in [1.82, 2.24) is 4.98 Å². The molecule has 0 unspecified atom stereocenters. The van der Waals surface area contributed by atoms with Crippen LogP contribution in [0.5, 0.6) is 0 Å². The summed E-state index contributed by atoms with van der Waals surface area (Å²) < 4.78 is 0. The van der Waals surface area contributed by atoms with Crippen LogP contribution < -0.4 is 5.32 Å². The minimum atomic E-state index is -0.476. The Balaban J connectivity index is 1.69. The van der Waals surface area contributed by atoms with Crippen molar-refractivity contribution in [2.45, 2.75) is 32.1 Å². The number of hydrogen-bond donors (Lipinski definition) is 2. The number of H-pyrrole nitrogens is 1. The molecule has 1 aliphatic rings. The second-order valence-electron chi connectivity index (χ2n) is 6.84. The molecular weight excluding hydrogens is 312 g/mol. The minimum absolute atomic E-state index is 0.000977. The quantitative estimate of drug-likeness (QED) is 0.698. The Bertz CT molecular complexity index is 996. The van der Waals surface area contributed by atoms with Gasteiger partial charge >= 0.3 is 0 Å². The summed E-state index contributed by atoms with van der Waals surface area (Å²) >= 11 is 0. The molecule has 25 heavy (non-hydrogen) atoms. The fraction of sp³-hybridized carbons (Fsp3) is 0.238. The summed E-state index contributed by atoms with van der Waals surface area (Å²) in [7, 11) is 0. The number of carbonyl (C=O) groups is 2. The highest BCUT2D eigenvalue weighted by Crippen LogP contribution is 2.52. The number of carbonyl (C=O) groups excluding carboxylic acids is 2. The van der Waals surface area contributed by atoms with Gasteiger partial charge in [0, 0.05) is 27.8 Å². The first-order valence-corrected chi connectivity index (χ1v) is 8.51. The summed E-state index contributed by atoms with van der Waals surface area (Å²) in [6.07, 6.45) is 1.68. The van der Waals surface area contributed by atoms with Crippen LogP contribution in [0.25, 0.3) is 10.9 Å². The lowest BCUT2D eigenvalue weighted by atomic mass is 9.92. The Morgan fingerprint density at radius 1 is 1.08 bits per heavy atom. The van der Waals surface area contributed by atoms with Crippen molar-refractivity contribution in [3.8, 4) is 0 Å². The Kier molecular flexibility index (Phi) is 3.49. The van der Waals surface area contributed by atoms with Crippen LogP contribution in [0.4, 0.5) is 5.69 Å². The maximum Gasteiger partial charge on any atom is 0.235 e. The second-order valence-corrected chi connectivity index (χ2v) is 6.84. The lowest BCUT2D eigenvalue weighted by molar-refractivity contribution is -0.118. The molecule has 1 amide bonds. The van der Waals surface area contributed by atoms with Crippen molar-refractivity contribution in [2.24, 2.45) is 0 Å². The molecule has 4 heteroatoms. The molecule has 0 atom stereocenters. The van der Waals surface area contributed by atoms with Gasteiger partial charge in [0.15, 0.2) is 5.78 Å². The molecular formula is C21H20N2O2. The van der Waals surface area contributed by atoms with E-state index >= 15 is 0 Å². The standard InChI is InChI=1S/C21H20N2O2/c1-13-19(17-8-3-4-9-18(17)22-13)21(10-11-21)20(25)23-16-7-5-6-15(12-16)14(2)24/h3-9,12,22H,10-11H2,1-2H3,(H,23,25). The van der Waals surface area contributed by atoms with Crippen LogP contribution in [0.2, 0.25) is 0 Å². The number of ketones is 1. The van der Waals surface area contributed by atoms with Gasteiger partial charge in [-0.25, -0.2) is 0 Å². The van der Waals surface area contributed by atoms with Crippen molar-refractivity contribution in [2.75, 3.05) is 5.32 Å². The number of amides is 1. The molecule has 3 aromatic rings. The second kappa shape index (κ2) is 5.59. The SMILES string of the molecule is CC(=O)c1cccc(NC(=O)C2(c3c(C)[nH]c4ccccc34)CC2)c1. The minimum Gasteiger partial charge on any atom is -0.358 e. The van der Waals surface area contributed by atoms with Gasteiger partial charge in [-0.15, -0.1) is 0 Å². The summed E-state index contributed by atoms with van der Waals surface area (Å²) in [5.74, 6) is -0.00855. The lowest BCUT2D eigenvalue weighted by Crippen LogP contribution is -2.28. The zero-order valence-corrected chi connectivity index (χ0v) is 14.3. The number of para-hydroxylation sites is 1. The average molecular weight is 332 g/mol. The highest BCUT2D eigenvalue weighted by Gasteiger charge is 2.53. The van der Waals surface area contributed by atoms with Gasteiger partial charge in [-0.2, -0.15) is 0 Å². The maximum atomic E-state index is 13.1. The number of fused-ring (bicyclic) bond motifs is 1. The highest BCUT2D eigenvalue weighted by molar-refractivity contribution is 6.05. The number of aromatic amines is 1. The summed E-state index contributed by atoms with van der Waals surface area (Å²) in [5.41, 5.74) is 4.00. The molecule has 4 nitrogen and oxygen atoms in total. The van der Waals surface area contributed by atoms with Crippen molar-refractivity contribution in [1.29, 1.82) is 0 Å². The van der Waals surface area contributed by atoms with Gasteiger partial charge in [-0.05, 0) is 50.5 Å². The monoisotopic (exact) mass is 332 g/mol. The maximum absolute atomic E-state index is 13.1. The molecule has 1 saturated carbocycles. The zero-order chi connectivity index (χ0) is 17.6. The fourth-order valence-electron chi connectivity index (χ4n) is 3.68. The first kappa shape index (κ1) is 15.6. The third kappa shape index (κ3) is 2.54. The number of rotatable bonds is 4. The molecule has 0 saturated heterocycles. The predicted molar refractivity (Wildman–Crippen MR) is 99.0 cm³/mol. The van der Waals surface area contributed by atoms with Gasteiger partial charge in [-0.3, -0.25) is 9.59 Å². The van der Waals surface area contributed by atoms with Gasteiger partial charge in [-0.1, -0.05) is 30.3 Å². The molecule has 1 aliphatic carbocycles. The van der Waals surface area contributed by atoms with Gasteiger partial charge in [0.2, 0.25) is 5.91 Å². The topological polar surface area (TPSA) is 62.0 Å². The number of aryl methyl sites for hydroxylation is 1. The third-order valence-electron chi connectivity index (χ3n) is 5.08. The molecule has 0 radical (unpaired) electrons. The van der Waals surface area contributed by atoms with E-state index in [0.29, 0.717) is 11.3 Å². The number of nitrogens with one attached hydrogen (secondary N) is 2. The Morgan fingerprint density at radius 2 is 1.84 bits per heavy atom. The van der Waals surface area contributed by atoms with Gasteiger partial charge in [0.25, 0.3) is 0 Å². The van der Waals surface area contributed by atoms with Gasteiger partial charge in [0.1, 0.15) is 0 Å². The van der Waals surface area contributed by atoms with E-state index in [1.165, 1.54) is 6.92 Å². The molecule has 2 aromatic carbocycles. The first-order chi connectivity index (χ1) is 12.0. The largest absolute Gasteiger partial charge is 0.358 e. The van der Waals surface area contributed by atoms with Crippen LogP contribution in [0.15, 0.2) is 48.5 Å². The number of aromatic nitrogens is 1.